The van der Waals surface area contributed by atoms with Crippen molar-refractivity contribution in [1.29, 1.82) is 0 Å². The minimum absolute atomic E-state index is 0.000756. The van der Waals surface area contributed by atoms with Crippen LogP contribution < -0.4 is 5.73 Å². The Balaban J connectivity index is 2.60. The van der Waals surface area contributed by atoms with Crippen molar-refractivity contribution in [2.45, 2.75) is 6.92 Å². The molecule has 0 bridgehead atoms. The van der Waals surface area contributed by atoms with Crippen LogP contribution in [0.4, 0.5) is 14.6 Å². The molecule has 3 nitrogen and oxygen atoms in total. The summed E-state index contributed by atoms with van der Waals surface area (Å²) < 4.78 is 26.5. The lowest BCUT2D eigenvalue weighted by Crippen LogP contribution is -1.92. The second-order valence-corrected chi connectivity index (χ2v) is 3.26. The third kappa shape index (κ3) is 1.56. The first-order chi connectivity index (χ1) is 7.09. The Bertz CT molecular complexity index is 482. The molecular formula is C10H9F2N3. The molecule has 0 amide bonds. The lowest BCUT2D eigenvalue weighted by atomic mass is 10.1. The highest BCUT2D eigenvalue weighted by molar-refractivity contribution is 5.73. The molecule has 0 fully saturated rings. The summed E-state index contributed by atoms with van der Waals surface area (Å²) in [4.78, 5) is 0. The number of halogens is 2. The number of nitrogens with two attached hydrogens (primary N) is 1. The van der Waals surface area contributed by atoms with Gasteiger partial charge in [0.1, 0.15) is 17.5 Å². The maximum atomic E-state index is 13.3. The van der Waals surface area contributed by atoms with Gasteiger partial charge in [-0.2, -0.15) is 5.10 Å². The van der Waals surface area contributed by atoms with Crippen molar-refractivity contribution >= 4 is 5.82 Å². The molecule has 2 rings (SSSR count). The first-order valence-electron chi connectivity index (χ1n) is 4.34. The lowest BCUT2D eigenvalue weighted by molar-refractivity contribution is 0.569. The van der Waals surface area contributed by atoms with Crippen LogP contribution >= 0.6 is 0 Å². The molecule has 2 aromatic rings. The third-order valence-corrected chi connectivity index (χ3v) is 2.26. The maximum absolute atomic E-state index is 13.3. The zero-order chi connectivity index (χ0) is 11.0. The van der Waals surface area contributed by atoms with Crippen LogP contribution in [0.5, 0.6) is 0 Å². The molecule has 1 aromatic heterocycles. The van der Waals surface area contributed by atoms with E-state index in [1.54, 1.807) is 0 Å². The first kappa shape index (κ1) is 9.64. The van der Waals surface area contributed by atoms with E-state index in [0.717, 1.165) is 0 Å². The molecule has 0 unspecified atom stereocenters. The summed E-state index contributed by atoms with van der Waals surface area (Å²) in [5, 5.41) is 6.19. The zero-order valence-corrected chi connectivity index (χ0v) is 8.01. The minimum Gasteiger partial charge on any atom is -0.384 e. The van der Waals surface area contributed by atoms with Crippen molar-refractivity contribution in [2.75, 3.05) is 5.73 Å². The normalized spacial score (nSPS) is 10.6. The Kier molecular flexibility index (Phi) is 2.15. The third-order valence-electron chi connectivity index (χ3n) is 2.26. The van der Waals surface area contributed by atoms with Gasteiger partial charge < -0.3 is 5.73 Å². The molecule has 1 heterocycles. The van der Waals surface area contributed by atoms with Gasteiger partial charge in [-0.05, 0) is 24.6 Å². The smallest absolute Gasteiger partial charge is 0.129 e. The van der Waals surface area contributed by atoms with Gasteiger partial charge in [0.15, 0.2) is 0 Å². The fourth-order valence-electron chi connectivity index (χ4n) is 1.33. The van der Waals surface area contributed by atoms with Crippen LogP contribution in [0.15, 0.2) is 18.3 Å². The Morgan fingerprint density at radius 2 is 1.87 bits per heavy atom. The zero-order valence-electron chi connectivity index (χ0n) is 8.01. The molecule has 0 aliphatic rings. The minimum atomic E-state index is -0.592. The monoisotopic (exact) mass is 209 g/mol. The number of aromatic amines is 1. The molecule has 0 aliphatic heterocycles. The standard InChI is InChI=1S/C10H9F2N3/c1-5-8(11)2-6(3-9(5)12)7-4-14-15-10(7)13/h2-4H,1H3,(H3,13,14,15). The SMILES string of the molecule is Cc1c(F)cc(-c2cn[nH]c2N)cc1F. The average Bonchev–Trinajstić information content (AvgIpc) is 2.60. The van der Waals surface area contributed by atoms with E-state index >= 15 is 0 Å². The molecule has 0 spiro atoms. The molecule has 0 saturated heterocycles. The molecule has 0 saturated carbocycles. The summed E-state index contributed by atoms with van der Waals surface area (Å²) in [6, 6.07) is 2.47. The van der Waals surface area contributed by atoms with E-state index in [-0.39, 0.29) is 11.4 Å². The van der Waals surface area contributed by atoms with E-state index < -0.39 is 11.6 Å². The van der Waals surface area contributed by atoms with Crippen molar-refractivity contribution in [3.05, 3.63) is 35.5 Å². The Morgan fingerprint density at radius 1 is 1.27 bits per heavy atom. The van der Waals surface area contributed by atoms with Crippen molar-refractivity contribution in [3.8, 4) is 11.1 Å². The summed E-state index contributed by atoms with van der Waals surface area (Å²) in [5.74, 6) is -0.895. The van der Waals surface area contributed by atoms with Crippen LogP contribution in [0, 0.1) is 18.6 Å². The van der Waals surface area contributed by atoms with Crippen molar-refractivity contribution < 1.29 is 8.78 Å². The number of hydrogen-bond donors (Lipinski definition) is 2. The van der Waals surface area contributed by atoms with Crippen LogP contribution in [0.25, 0.3) is 11.1 Å². The fourth-order valence-corrected chi connectivity index (χ4v) is 1.33. The van der Waals surface area contributed by atoms with Gasteiger partial charge in [-0.25, -0.2) is 8.78 Å². The molecule has 1 aromatic carbocycles. The predicted molar refractivity (Wildman–Crippen MR) is 53.1 cm³/mol. The van der Waals surface area contributed by atoms with E-state index in [0.29, 0.717) is 11.1 Å². The van der Waals surface area contributed by atoms with Gasteiger partial charge in [0.2, 0.25) is 0 Å². The van der Waals surface area contributed by atoms with Crippen molar-refractivity contribution in [1.82, 2.24) is 10.2 Å². The number of nitrogens with zero attached hydrogens (tertiary/aromatic N) is 1. The van der Waals surface area contributed by atoms with Gasteiger partial charge in [0.05, 0.1) is 6.20 Å². The number of aromatic nitrogens is 2. The lowest BCUT2D eigenvalue weighted by Gasteiger charge is -2.03. The Hall–Kier alpha value is -1.91. The molecule has 3 N–H and O–H groups in total. The number of H-pyrrole nitrogens is 1. The summed E-state index contributed by atoms with van der Waals surface area (Å²) in [6.07, 6.45) is 1.43. The molecule has 15 heavy (non-hydrogen) atoms. The highest BCUT2D eigenvalue weighted by Crippen LogP contribution is 2.26. The molecular weight excluding hydrogens is 200 g/mol. The molecule has 78 valence electrons. The summed E-state index contributed by atoms with van der Waals surface area (Å²) in [7, 11) is 0. The van der Waals surface area contributed by atoms with Crippen LogP contribution in [0.3, 0.4) is 0 Å². The highest BCUT2D eigenvalue weighted by Gasteiger charge is 2.11. The number of benzene rings is 1. The van der Waals surface area contributed by atoms with Gasteiger partial charge >= 0.3 is 0 Å². The van der Waals surface area contributed by atoms with E-state index in [1.807, 2.05) is 0 Å². The second kappa shape index (κ2) is 3.34. The summed E-state index contributed by atoms with van der Waals surface area (Å²) in [6.45, 7) is 1.38. The number of nitrogens with one attached hydrogen (secondary N) is 1. The van der Waals surface area contributed by atoms with Gasteiger partial charge in [0, 0.05) is 11.1 Å². The average molecular weight is 209 g/mol. The molecule has 5 heteroatoms. The van der Waals surface area contributed by atoms with Gasteiger partial charge in [-0.3, -0.25) is 5.10 Å². The highest BCUT2D eigenvalue weighted by atomic mass is 19.1. The quantitative estimate of drug-likeness (QED) is 0.756. The van der Waals surface area contributed by atoms with E-state index in [2.05, 4.69) is 10.2 Å². The van der Waals surface area contributed by atoms with E-state index in [4.69, 9.17) is 5.73 Å². The summed E-state index contributed by atoms with van der Waals surface area (Å²) in [5.41, 5.74) is 6.42. The molecule has 0 aliphatic carbocycles. The number of nitrogen functional groups attached to an aromatic ring is 1. The molecule has 0 radical (unpaired) electrons. The first-order valence-corrected chi connectivity index (χ1v) is 4.34. The number of hydrogen-bond acceptors (Lipinski definition) is 2. The largest absolute Gasteiger partial charge is 0.384 e. The van der Waals surface area contributed by atoms with Crippen LogP contribution in [0.1, 0.15) is 5.56 Å². The topological polar surface area (TPSA) is 54.7 Å². The number of anilines is 1. The molecule has 0 atom stereocenters. The Labute approximate surface area is 84.9 Å². The Morgan fingerprint density at radius 3 is 2.33 bits per heavy atom. The van der Waals surface area contributed by atoms with Crippen LogP contribution in [-0.2, 0) is 0 Å². The number of rotatable bonds is 1. The van der Waals surface area contributed by atoms with Gasteiger partial charge in [0.25, 0.3) is 0 Å². The van der Waals surface area contributed by atoms with Gasteiger partial charge in [-0.15, -0.1) is 0 Å². The predicted octanol–water partition coefficient (Wildman–Crippen LogP) is 2.25. The van der Waals surface area contributed by atoms with Gasteiger partial charge in [-0.1, -0.05) is 0 Å². The fraction of sp³-hybridized carbons (Fsp3) is 0.100. The van der Waals surface area contributed by atoms with E-state index in [9.17, 15) is 8.78 Å². The second-order valence-electron chi connectivity index (χ2n) is 3.26. The van der Waals surface area contributed by atoms with Crippen molar-refractivity contribution in [3.63, 3.8) is 0 Å². The van der Waals surface area contributed by atoms with Crippen LogP contribution in [-0.4, -0.2) is 10.2 Å². The summed E-state index contributed by atoms with van der Waals surface area (Å²) >= 11 is 0. The van der Waals surface area contributed by atoms with Crippen LogP contribution in [0.2, 0.25) is 0 Å². The van der Waals surface area contributed by atoms with E-state index in [1.165, 1.54) is 25.3 Å². The van der Waals surface area contributed by atoms with Crippen molar-refractivity contribution in [2.24, 2.45) is 0 Å². The maximum Gasteiger partial charge on any atom is 0.129 e.